The number of ketones is 1. The van der Waals surface area contributed by atoms with Gasteiger partial charge < -0.3 is 4.90 Å². The molecule has 1 aliphatic rings. The molecule has 0 atom stereocenters. The van der Waals surface area contributed by atoms with Gasteiger partial charge in [-0.2, -0.15) is 0 Å². The minimum atomic E-state index is -0.0369. The lowest BCUT2D eigenvalue weighted by molar-refractivity contribution is -0.116. The molecule has 16 heavy (non-hydrogen) atoms. The summed E-state index contributed by atoms with van der Waals surface area (Å²) in [5, 5.41) is 0. The third kappa shape index (κ3) is 1.97. The molecule has 1 heterocycles. The number of benzene rings is 1. The Balaban J connectivity index is 2.26. The van der Waals surface area contributed by atoms with Crippen molar-refractivity contribution < 1.29 is 4.79 Å². The molecule has 0 aromatic heterocycles. The van der Waals surface area contributed by atoms with Crippen LogP contribution in [0.1, 0.15) is 32.8 Å². The summed E-state index contributed by atoms with van der Waals surface area (Å²) in [4.78, 5) is 13.7. The summed E-state index contributed by atoms with van der Waals surface area (Å²) in [7, 11) is 0. The second-order valence-corrected chi connectivity index (χ2v) is 5.13. The first kappa shape index (κ1) is 11.2. The van der Waals surface area contributed by atoms with Crippen LogP contribution in [0.5, 0.6) is 0 Å². The molecule has 2 heteroatoms. The smallest absolute Gasteiger partial charge is 0.154 e. The third-order valence-corrected chi connectivity index (χ3v) is 3.35. The fourth-order valence-corrected chi connectivity index (χ4v) is 2.38. The van der Waals surface area contributed by atoms with E-state index >= 15 is 0 Å². The molecular weight excluding hydrogens is 198 g/mol. The Kier molecular flexibility index (Phi) is 2.75. The molecule has 0 unspecified atom stereocenters. The lowest BCUT2D eigenvalue weighted by Gasteiger charge is -2.32. The van der Waals surface area contributed by atoms with Gasteiger partial charge in [0.05, 0.1) is 6.54 Å². The molecular formula is C14H19NO. The lowest BCUT2D eigenvalue weighted by atomic mass is 10.0. The minimum absolute atomic E-state index is 0.0369. The first-order chi connectivity index (χ1) is 7.53. The molecule has 2 rings (SSSR count). The van der Waals surface area contributed by atoms with Crippen LogP contribution in [0.3, 0.4) is 0 Å². The van der Waals surface area contributed by atoms with Crippen LogP contribution in [0.15, 0.2) is 24.3 Å². The van der Waals surface area contributed by atoms with E-state index in [2.05, 4.69) is 49.9 Å². The number of hydrogen-bond donors (Lipinski definition) is 0. The van der Waals surface area contributed by atoms with Crippen LogP contribution in [0, 0.1) is 0 Å². The Hall–Kier alpha value is -1.31. The Bertz CT molecular complexity index is 392. The van der Waals surface area contributed by atoms with Gasteiger partial charge in [0.25, 0.3) is 0 Å². The highest BCUT2D eigenvalue weighted by Crippen LogP contribution is 2.31. The summed E-state index contributed by atoms with van der Waals surface area (Å²) < 4.78 is 0. The average Bonchev–Trinajstić information content (AvgIpc) is 2.52. The van der Waals surface area contributed by atoms with Gasteiger partial charge in [0.2, 0.25) is 0 Å². The highest BCUT2D eigenvalue weighted by atomic mass is 16.1. The van der Waals surface area contributed by atoms with E-state index < -0.39 is 0 Å². The van der Waals surface area contributed by atoms with Crippen LogP contribution in [0.25, 0.3) is 0 Å². The fraction of sp³-hybridized carbons (Fsp3) is 0.500. The lowest BCUT2D eigenvalue weighted by Crippen LogP contribution is -2.38. The Morgan fingerprint density at radius 3 is 2.31 bits per heavy atom. The van der Waals surface area contributed by atoms with Gasteiger partial charge in [0.15, 0.2) is 5.78 Å². The second kappa shape index (κ2) is 3.93. The van der Waals surface area contributed by atoms with Crippen molar-refractivity contribution in [1.29, 1.82) is 0 Å². The van der Waals surface area contributed by atoms with E-state index in [1.54, 1.807) is 0 Å². The number of Topliss-reactive ketones (excluding diaryl/α,β-unsaturated/α-hetero) is 1. The van der Waals surface area contributed by atoms with Crippen molar-refractivity contribution in [1.82, 2.24) is 0 Å². The van der Waals surface area contributed by atoms with E-state index in [1.165, 1.54) is 5.56 Å². The Morgan fingerprint density at radius 2 is 1.88 bits per heavy atom. The summed E-state index contributed by atoms with van der Waals surface area (Å²) in [6.45, 7) is 6.97. The standard InChI is InChI=1S/C14H19NO/c1-4-11-5-7-12(8-6-11)15-10-13(16)9-14(15,2)3/h5-8H,4,9-10H2,1-3H3. The highest BCUT2D eigenvalue weighted by Gasteiger charge is 2.37. The predicted molar refractivity (Wildman–Crippen MR) is 66.9 cm³/mol. The van der Waals surface area contributed by atoms with Gasteiger partial charge in [-0.25, -0.2) is 0 Å². The first-order valence-corrected chi connectivity index (χ1v) is 5.91. The van der Waals surface area contributed by atoms with E-state index in [0.717, 1.165) is 12.1 Å². The van der Waals surface area contributed by atoms with Gasteiger partial charge in [0.1, 0.15) is 0 Å². The molecule has 0 radical (unpaired) electrons. The van der Waals surface area contributed by atoms with Gasteiger partial charge in [0, 0.05) is 17.6 Å². The Morgan fingerprint density at radius 1 is 1.25 bits per heavy atom. The molecule has 1 fully saturated rings. The molecule has 1 aromatic rings. The second-order valence-electron chi connectivity index (χ2n) is 5.13. The summed E-state index contributed by atoms with van der Waals surface area (Å²) in [5.41, 5.74) is 2.46. The molecule has 86 valence electrons. The third-order valence-electron chi connectivity index (χ3n) is 3.35. The van der Waals surface area contributed by atoms with Crippen molar-refractivity contribution in [3.8, 4) is 0 Å². The molecule has 0 bridgehead atoms. The van der Waals surface area contributed by atoms with Gasteiger partial charge >= 0.3 is 0 Å². The highest BCUT2D eigenvalue weighted by molar-refractivity contribution is 5.89. The minimum Gasteiger partial charge on any atom is -0.359 e. The van der Waals surface area contributed by atoms with Gasteiger partial charge in [-0.1, -0.05) is 19.1 Å². The zero-order valence-corrected chi connectivity index (χ0v) is 10.3. The monoisotopic (exact) mass is 217 g/mol. The molecule has 1 aromatic carbocycles. The molecule has 0 N–H and O–H groups in total. The van der Waals surface area contributed by atoms with Gasteiger partial charge in [-0.15, -0.1) is 0 Å². The summed E-state index contributed by atoms with van der Waals surface area (Å²) in [6.07, 6.45) is 1.71. The predicted octanol–water partition coefficient (Wildman–Crippen LogP) is 2.81. The molecule has 1 saturated heterocycles. The number of carbonyl (C=O) groups is 1. The van der Waals surface area contributed by atoms with Crippen LogP contribution in [0.4, 0.5) is 5.69 Å². The normalized spacial score (nSPS) is 19.2. The molecule has 0 amide bonds. The van der Waals surface area contributed by atoms with E-state index in [4.69, 9.17) is 0 Å². The van der Waals surface area contributed by atoms with Crippen molar-refractivity contribution in [3.05, 3.63) is 29.8 Å². The van der Waals surface area contributed by atoms with Crippen molar-refractivity contribution in [2.24, 2.45) is 0 Å². The van der Waals surface area contributed by atoms with E-state index in [-0.39, 0.29) is 5.54 Å². The van der Waals surface area contributed by atoms with Crippen LogP contribution in [-0.2, 0) is 11.2 Å². The SMILES string of the molecule is CCc1ccc(N2CC(=O)CC2(C)C)cc1. The van der Waals surface area contributed by atoms with Crippen LogP contribution >= 0.6 is 0 Å². The maximum absolute atomic E-state index is 11.5. The van der Waals surface area contributed by atoms with E-state index in [0.29, 0.717) is 18.7 Å². The molecule has 1 aliphatic heterocycles. The maximum Gasteiger partial charge on any atom is 0.154 e. The summed E-state index contributed by atoms with van der Waals surface area (Å²) in [5.74, 6) is 0.338. The van der Waals surface area contributed by atoms with Crippen molar-refractivity contribution in [3.63, 3.8) is 0 Å². The Labute approximate surface area is 97.3 Å². The number of hydrogen-bond acceptors (Lipinski definition) is 2. The molecule has 0 spiro atoms. The first-order valence-electron chi connectivity index (χ1n) is 5.91. The van der Waals surface area contributed by atoms with Crippen LogP contribution in [-0.4, -0.2) is 17.9 Å². The summed E-state index contributed by atoms with van der Waals surface area (Å²) in [6, 6.07) is 8.54. The van der Waals surface area contributed by atoms with Crippen LogP contribution < -0.4 is 4.90 Å². The topological polar surface area (TPSA) is 20.3 Å². The van der Waals surface area contributed by atoms with Gasteiger partial charge in [-0.05, 0) is 38.0 Å². The van der Waals surface area contributed by atoms with Crippen molar-refractivity contribution in [2.45, 2.75) is 39.2 Å². The van der Waals surface area contributed by atoms with Gasteiger partial charge in [-0.3, -0.25) is 4.79 Å². The number of anilines is 1. The quantitative estimate of drug-likeness (QED) is 0.759. The average molecular weight is 217 g/mol. The van der Waals surface area contributed by atoms with Crippen LogP contribution in [0.2, 0.25) is 0 Å². The van der Waals surface area contributed by atoms with Crippen molar-refractivity contribution >= 4 is 11.5 Å². The molecule has 0 aliphatic carbocycles. The fourth-order valence-electron chi connectivity index (χ4n) is 2.38. The van der Waals surface area contributed by atoms with E-state index in [9.17, 15) is 4.79 Å². The zero-order chi connectivity index (χ0) is 11.8. The zero-order valence-electron chi connectivity index (χ0n) is 10.3. The maximum atomic E-state index is 11.5. The van der Waals surface area contributed by atoms with E-state index in [1.807, 2.05) is 0 Å². The number of carbonyl (C=O) groups excluding carboxylic acids is 1. The number of nitrogens with zero attached hydrogens (tertiary/aromatic N) is 1. The number of aryl methyl sites for hydroxylation is 1. The van der Waals surface area contributed by atoms with Crippen molar-refractivity contribution in [2.75, 3.05) is 11.4 Å². The molecule has 2 nitrogen and oxygen atoms in total. The largest absolute Gasteiger partial charge is 0.359 e. The molecule has 0 saturated carbocycles. The number of rotatable bonds is 2. The summed E-state index contributed by atoms with van der Waals surface area (Å²) >= 11 is 0.